The van der Waals surface area contributed by atoms with Crippen molar-refractivity contribution in [3.8, 4) is 11.3 Å². The lowest BCUT2D eigenvalue weighted by Crippen LogP contribution is -2.11. The minimum atomic E-state index is -0.285. The fraction of sp³-hybridized carbons (Fsp3) is 0.0588. The Hall–Kier alpha value is -2.53. The number of thiazole rings is 1. The van der Waals surface area contributed by atoms with E-state index in [0.29, 0.717) is 16.4 Å². The SMILES string of the molecule is Cc1ccc(C(=O)Nc2nc(-c3ccc(F)cc3)cs2)cc1. The smallest absolute Gasteiger partial charge is 0.257 e. The van der Waals surface area contributed by atoms with Gasteiger partial charge in [-0.25, -0.2) is 9.37 Å². The van der Waals surface area contributed by atoms with Gasteiger partial charge in [-0.15, -0.1) is 11.3 Å². The zero-order valence-electron chi connectivity index (χ0n) is 11.8. The Morgan fingerprint density at radius 3 is 2.45 bits per heavy atom. The van der Waals surface area contributed by atoms with E-state index in [1.807, 2.05) is 24.4 Å². The second-order valence-corrected chi connectivity index (χ2v) is 5.72. The highest BCUT2D eigenvalue weighted by atomic mass is 32.1. The van der Waals surface area contributed by atoms with Crippen LogP contribution in [0.15, 0.2) is 53.9 Å². The highest BCUT2D eigenvalue weighted by molar-refractivity contribution is 7.14. The summed E-state index contributed by atoms with van der Waals surface area (Å²) in [7, 11) is 0. The summed E-state index contributed by atoms with van der Waals surface area (Å²) >= 11 is 1.34. The number of hydrogen-bond donors (Lipinski definition) is 1. The zero-order valence-corrected chi connectivity index (χ0v) is 12.7. The molecule has 0 aliphatic heterocycles. The molecular weight excluding hydrogens is 299 g/mol. The first kappa shape index (κ1) is 14.4. The summed E-state index contributed by atoms with van der Waals surface area (Å²) in [6, 6.07) is 13.4. The van der Waals surface area contributed by atoms with Crippen LogP contribution in [0.5, 0.6) is 0 Å². The van der Waals surface area contributed by atoms with Gasteiger partial charge in [-0.2, -0.15) is 0 Å². The number of halogens is 1. The van der Waals surface area contributed by atoms with Crippen molar-refractivity contribution in [2.45, 2.75) is 6.92 Å². The quantitative estimate of drug-likeness (QED) is 0.773. The highest BCUT2D eigenvalue weighted by Crippen LogP contribution is 2.25. The summed E-state index contributed by atoms with van der Waals surface area (Å²) in [5.41, 5.74) is 3.21. The van der Waals surface area contributed by atoms with Crippen molar-refractivity contribution in [2.75, 3.05) is 5.32 Å². The van der Waals surface area contributed by atoms with Gasteiger partial charge in [-0.3, -0.25) is 10.1 Å². The van der Waals surface area contributed by atoms with E-state index in [4.69, 9.17) is 0 Å². The molecule has 0 spiro atoms. The highest BCUT2D eigenvalue weighted by Gasteiger charge is 2.10. The average molecular weight is 312 g/mol. The molecule has 1 amide bonds. The summed E-state index contributed by atoms with van der Waals surface area (Å²) in [5, 5.41) is 5.12. The van der Waals surface area contributed by atoms with E-state index in [0.717, 1.165) is 11.1 Å². The minimum absolute atomic E-state index is 0.194. The number of aryl methyl sites for hydroxylation is 1. The van der Waals surface area contributed by atoms with Gasteiger partial charge in [-0.1, -0.05) is 17.7 Å². The van der Waals surface area contributed by atoms with E-state index < -0.39 is 0 Å². The molecule has 0 saturated carbocycles. The molecule has 0 bridgehead atoms. The number of aromatic nitrogens is 1. The molecule has 0 radical (unpaired) electrons. The van der Waals surface area contributed by atoms with E-state index in [-0.39, 0.29) is 11.7 Å². The largest absolute Gasteiger partial charge is 0.298 e. The van der Waals surface area contributed by atoms with E-state index >= 15 is 0 Å². The first-order chi connectivity index (χ1) is 10.6. The molecule has 110 valence electrons. The van der Waals surface area contributed by atoms with Crippen LogP contribution in [-0.4, -0.2) is 10.9 Å². The molecule has 2 aromatic carbocycles. The molecule has 22 heavy (non-hydrogen) atoms. The van der Waals surface area contributed by atoms with E-state index in [2.05, 4.69) is 10.3 Å². The molecule has 0 unspecified atom stereocenters. The fourth-order valence-corrected chi connectivity index (χ4v) is 2.67. The molecule has 0 atom stereocenters. The van der Waals surface area contributed by atoms with Crippen molar-refractivity contribution in [1.82, 2.24) is 4.98 Å². The van der Waals surface area contributed by atoms with E-state index in [1.54, 1.807) is 24.3 Å². The number of anilines is 1. The van der Waals surface area contributed by atoms with Crippen molar-refractivity contribution < 1.29 is 9.18 Å². The lowest BCUT2D eigenvalue weighted by atomic mass is 10.1. The Kier molecular flexibility index (Phi) is 3.98. The fourth-order valence-electron chi connectivity index (χ4n) is 1.96. The van der Waals surface area contributed by atoms with Crippen LogP contribution in [0.3, 0.4) is 0 Å². The minimum Gasteiger partial charge on any atom is -0.298 e. The molecule has 3 rings (SSSR count). The molecule has 3 aromatic rings. The normalized spacial score (nSPS) is 10.5. The molecule has 0 aliphatic carbocycles. The number of amides is 1. The van der Waals surface area contributed by atoms with Crippen LogP contribution in [0.25, 0.3) is 11.3 Å². The molecule has 1 heterocycles. The Morgan fingerprint density at radius 2 is 1.77 bits per heavy atom. The summed E-state index contributed by atoms with van der Waals surface area (Å²) in [6.07, 6.45) is 0. The number of carbonyl (C=O) groups excluding carboxylic acids is 1. The zero-order chi connectivity index (χ0) is 15.5. The van der Waals surface area contributed by atoms with Gasteiger partial charge in [0.1, 0.15) is 5.82 Å². The molecule has 3 nitrogen and oxygen atoms in total. The monoisotopic (exact) mass is 312 g/mol. The van der Waals surface area contributed by atoms with Gasteiger partial charge in [-0.05, 0) is 43.3 Å². The van der Waals surface area contributed by atoms with Crippen molar-refractivity contribution in [3.05, 3.63) is 70.9 Å². The van der Waals surface area contributed by atoms with Gasteiger partial charge >= 0.3 is 0 Å². The molecule has 0 fully saturated rings. The van der Waals surface area contributed by atoms with Crippen LogP contribution >= 0.6 is 11.3 Å². The van der Waals surface area contributed by atoms with Gasteiger partial charge in [0.05, 0.1) is 5.69 Å². The Labute approximate surface area is 131 Å². The van der Waals surface area contributed by atoms with Gasteiger partial charge in [0, 0.05) is 16.5 Å². The predicted octanol–water partition coefficient (Wildman–Crippen LogP) is 4.51. The van der Waals surface area contributed by atoms with Crippen LogP contribution in [0, 0.1) is 12.7 Å². The summed E-state index contributed by atoms with van der Waals surface area (Å²) in [5.74, 6) is -0.480. The van der Waals surface area contributed by atoms with Crippen LogP contribution in [0.4, 0.5) is 9.52 Å². The summed E-state index contributed by atoms with van der Waals surface area (Å²) < 4.78 is 12.9. The molecule has 0 saturated heterocycles. The maximum absolute atomic E-state index is 12.9. The van der Waals surface area contributed by atoms with Gasteiger partial charge < -0.3 is 0 Å². The number of carbonyl (C=O) groups is 1. The first-order valence-electron chi connectivity index (χ1n) is 6.71. The van der Waals surface area contributed by atoms with Crippen LogP contribution in [0.1, 0.15) is 15.9 Å². The lowest BCUT2D eigenvalue weighted by molar-refractivity contribution is 0.102. The number of rotatable bonds is 3. The predicted molar refractivity (Wildman–Crippen MR) is 86.6 cm³/mol. The number of benzene rings is 2. The Balaban J connectivity index is 1.75. The van der Waals surface area contributed by atoms with Crippen LogP contribution in [0.2, 0.25) is 0 Å². The van der Waals surface area contributed by atoms with Gasteiger partial charge in [0.25, 0.3) is 5.91 Å². The van der Waals surface area contributed by atoms with Crippen molar-refractivity contribution in [3.63, 3.8) is 0 Å². The summed E-state index contributed by atoms with van der Waals surface area (Å²) in [4.78, 5) is 16.5. The third-order valence-electron chi connectivity index (χ3n) is 3.18. The van der Waals surface area contributed by atoms with Gasteiger partial charge in [0.2, 0.25) is 0 Å². The second-order valence-electron chi connectivity index (χ2n) is 4.86. The van der Waals surface area contributed by atoms with Crippen molar-refractivity contribution in [1.29, 1.82) is 0 Å². The molecule has 5 heteroatoms. The lowest BCUT2D eigenvalue weighted by Gasteiger charge is -2.02. The Morgan fingerprint density at radius 1 is 1.09 bits per heavy atom. The molecule has 0 aliphatic rings. The Bertz CT molecular complexity index is 794. The second kappa shape index (κ2) is 6.07. The van der Waals surface area contributed by atoms with Crippen molar-refractivity contribution >= 4 is 22.4 Å². The standard InChI is InChI=1S/C17H13FN2OS/c1-11-2-4-13(5-3-11)16(21)20-17-19-15(10-22-17)12-6-8-14(18)9-7-12/h2-10H,1H3,(H,19,20,21). The molecular formula is C17H13FN2OS. The maximum atomic E-state index is 12.9. The molecule has 1 aromatic heterocycles. The van der Waals surface area contributed by atoms with Gasteiger partial charge in [0.15, 0.2) is 5.13 Å². The van der Waals surface area contributed by atoms with Crippen LogP contribution < -0.4 is 5.32 Å². The van der Waals surface area contributed by atoms with E-state index in [9.17, 15) is 9.18 Å². The number of nitrogens with zero attached hydrogens (tertiary/aromatic N) is 1. The topological polar surface area (TPSA) is 42.0 Å². The molecule has 1 N–H and O–H groups in total. The number of nitrogens with one attached hydrogen (secondary N) is 1. The first-order valence-corrected chi connectivity index (χ1v) is 7.59. The van der Waals surface area contributed by atoms with Crippen LogP contribution in [-0.2, 0) is 0 Å². The average Bonchev–Trinajstić information content (AvgIpc) is 2.97. The maximum Gasteiger partial charge on any atom is 0.257 e. The van der Waals surface area contributed by atoms with Crippen molar-refractivity contribution in [2.24, 2.45) is 0 Å². The van der Waals surface area contributed by atoms with E-state index in [1.165, 1.54) is 23.5 Å². The summed E-state index contributed by atoms with van der Waals surface area (Å²) in [6.45, 7) is 1.97. The third-order valence-corrected chi connectivity index (χ3v) is 3.94. The number of hydrogen-bond acceptors (Lipinski definition) is 3. The third kappa shape index (κ3) is 3.20.